The monoisotopic (exact) mass is 375 g/mol. The van der Waals surface area contributed by atoms with Crippen molar-refractivity contribution in [2.24, 2.45) is 35.5 Å². The van der Waals surface area contributed by atoms with Crippen molar-refractivity contribution in [3.05, 3.63) is 0 Å². The number of hydrogen-bond acceptors (Lipinski definition) is 5. The number of fused-ring (bicyclic) bond motifs is 2. The Hall–Kier alpha value is -1.10. The predicted octanol–water partition coefficient (Wildman–Crippen LogP) is 3.01. The zero-order valence-corrected chi connectivity index (χ0v) is 16.8. The molecule has 0 N–H and O–H groups in total. The van der Waals surface area contributed by atoms with E-state index < -0.39 is 0 Å². The lowest BCUT2D eigenvalue weighted by atomic mass is 9.60. The summed E-state index contributed by atoms with van der Waals surface area (Å²) in [5.41, 5.74) is 0. The van der Waals surface area contributed by atoms with Gasteiger partial charge in [0.25, 0.3) is 0 Å². The minimum absolute atomic E-state index is 0.00362. The molecule has 5 nitrogen and oxygen atoms in total. The van der Waals surface area contributed by atoms with E-state index in [1.165, 1.54) is 19.3 Å². The number of rotatable bonds is 2. The minimum atomic E-state index is -0.0294. The van der Waals surface area contributed by atoms with Gasteiger partial charge in [0.15, 0.2) is 0 Å². The zero-order valence-electron chi connectivity index (χ0n) is 16.8. The van der Waals surface area contributed by atoms with Gasteiger partial charge in [-0.1, -0.05) is 27.2 Å². The molecule has 0 amide bonds. The van der Waals surface area contributed by atoms with Gasteiger partial charge in [0.05, 0.1) is 11.8 Å². The van der Waals surface area contributed by atoms with E-state index >= 15 is 0 Å². The Morgan fingerprint density at radius 3 is 2.56 bits per heavy atom. The second kappa shape index (κ2) is 6.47. The average molecular weight is 376 g/mol. The van der Waals surface area contributed by atoms with Gasteiger partial charge in [-0.05, 0) is 50.5 Å². The molecule has 1 saturated carbocycles. The van der Waals surface area contributed by atoms with Gasteiger partial charge in [0.2, 0.25) is 0 Å². The summed E-state index contributed by atoms with van der Waals surface area (Å²) in [6.45, 7) is 7.44. The summed E-state index contributed by atoms with van der Waals surface area (Å²) in [6.07, 6.45) is 6.87. The molecule has 150 valence electrons. The van der Waals surface area contributed by atoms with E-state index in [2.05, 4.69) is 18.7 Å². The SMILES string of the molecule is CC[C@H]1[C@@H]2CCCCN3[C@@H]2[C@@H](C[C@@H]3[C@H]2C[C@@H](C)C(=O)O2)[C@@H]2[C@H]1OC(=O)[C@@H]2C. The van der Waals surface area contributed by atoms with Crippen molar-refractivity contribution in [2.45, 2.75) is 83.6 Å². The fourth-order valence-electron chi connectivity index (χ4n) is 7.48. The van der Waals surface area contributed by atoms with Crippen molar-refractivity contribution in [3.8, 4) is 0 Å². The number of nitrogens with zero attached hydrogens (tertiary/aromatic N) is 1. The maximum absolute atomic E-state index is 12.5. The van der Waals surface area contributed by atoms with Crippen LogP contribution < -0.4 is 0 Å². The lowest BCUT2D eigenvalue weighted by Crippen LogP contribution is -2.54. The number of esters is 2. The Morgan fingerprint density at radius 2 is 1.85 bits per heavy atom. The molecule has 0 aromatic heterocycles. The number of hydrogen-bond donors (Lipinski definition) is 0. The summed E-state index contributed by atoms with van der Waals surface area (Å²) in [4.78, 5) is 27.3. The molecule has 5 rings (SSSR count). The van der Waals surface area contributed by atoms with Crippen LogP contribution >= 0.6 is 0 Å². The molecule has 10 atom stereocenters. The molecular weight excluding hydrogens is 342 g/mol. The minimum Gasteiger partial charge on any atom is -0.462 e. The third-order valence-corrected chi connectivity index (χ3v) is 8.61. The van der Waals surface area contributed by atoms with Gasteiger partial charge in [-0.25, -0.2) is 0 Å². The van der Waals surface area contributed by atoms with Crippen LogP contribution in [-0.4, -0.2) is 47.7 Å². The van der Waals surface area contributed by atoms with Gasteiger partial charge in [-0.15, -0.1) is 0 Å². The first-order valence-corrected chi connectivity index (χ1v) is 11.2. The van der Waals surface area contributed by atoms with Crippen LogP contribution in [0, 0.1) is 35.5 Å². The summed E-state index contributed by atoms with van der Waals surface area (Å²) in [6, 6.07) is 0.865. The van der Waals surface area contributed by atoms with E-state index in [4.69, 9.17) is 9.47 Å². The van der Waals surface area contributed by atoms with E-state index in [1.54, 1.807) is 0 Å². The average Bonchev–Trinajstić information content (AvgIpc) is 3.20. The Balaban J connectivity index is 1.51. The largest absolute Gasteiger partial charge is 0.462 e. The van der Waals surface area contributed by atoms with E-state index in [9.17, 15) is 9.59 Å². The van der Waals surface area contributed by atoms with Crippen molar-refractivity contribution in [1.29, 1.82) is 0 Å². The predicted molar refractivity (Wildman–Crippen MR) is 99.7 cm³/mol. The highest BCUT2D eigenvalue weighted by molar-refractivity contribution is 5.75. The standard InChI is InChI=1S/C22H33NO4/c1-4-13-14-7-5-6-8-23-16(17-9-11(2)21(24)26-17)10-15(19(14)23)18-12(3)22(25)27-20(13)18/h11-20H,4-10H2,1-3H3/t11-,12-,13+,14+,15+,16-,17-,18-,19+,20+/m1/s1. The van der Waals surface area contributed by atoms with E-state index in [0.717, 1.165) is 25.8 Å². The highest BCUT2D eigenvalue weighted by Gasteiger charge is 2.63. The summed E-state index contributed by atoms with van der Waals surface area (Å²) >= 11 is 0. The van der Waals surface area contributed by atoms with Gasteiger partial charge in [-0.3, -0.25) is 14.5 Å². The summed E-state index contributed by atoms with van der Waals surface area (Å²) in [5, 5.41) is 0. The first kappa shape index (κ1) is 18.0. The normalized spacial score (nSPS) is 52.1. The number of ether oxygens (including phenoxy) is 2. The zero-order chi connectivity index (χ0) is 18.9. The molecule has 0 aromatic carbocycles. The van der Waals surface area contributed by atoms with Crippen molar-refractivity contribution in [2.75, 3.05) is 6.54 Å². The van der Waals surface area contributed by atoms with Crippen molar-refractivity contribution < 1.29 is 19.1 Å². The Morgan fingerprint density at radius 1 is 1.04 bits per heavy atom. The smallest absolute Gasteiger partial charge is 0.309 e. The molecule has 4 aliphatic heterocycles. The molecule has 4 heterocycles. The van der Waals surface area contributed by atoms with Crippen LogP contribution in [0.3, 0.4) is 0 Å². The summed E-state index contributed by atoms with van der Waals surface area (Å²) in [7, 11) is 0. The highest BCUT2D eigenvalue weighted by Crippen LogP contribution is 2.57. The molecular formula is C22H33NO4. The fourth-order valence-corrected chi connectivity index (χ4v) is 7.48. The van der Waals surface area contributed by atoms with Crippen LogP contribution in [0.25, 0.3) is 0 Å². The molecule has 0 aromatic rings. The molecule has 5 heteroatoms. The van der Waals surface area contributed by atoms with Crippen molar-refractivity contribution >= 4 is 11.9 Å². The molecule has 0 bridgehead atoms. The third kappa shape index (κ3) is 2.53. The Bertz CT molecular complexity index is 636. The molecule has 0 radical (unpaired) electrons. The number of cyclic esters (lactones) is 1. The van der Waals surface area contributed by atoms with Gasteiger partial charge in [-0.2, -0.15) is 0 Å². The fraction of sp³-hybridized carbons (Fsp3) is 0.909. The van der Waals surface area contributed by atoms with E-state index in [-0.39, 0.29) is 36.0 Å². The summed E-state index contributed by atoms with van der Waals surface area (Å²) in [5.74, 6) is 1.94. The van der Waals surface area contributed by atoms with Crippen molar-refractivity contribution in [1.82, 2.24) is 4.90 Å². The van der Waals surface area contributed by atoms with Gasteiger partial charge < -0.3 is 9.47 Å². The van der Waals surface area contributed by atoms with Crippen LogP contribution in [0.1, 0.15) is 59.3 Å². The first-order chi connectivity index (χ1) is 13.0. The molecule has 5 fully saturated rings. The van der Waals surface area contributed by atoms with E-state index in [1.807, 2.05) is 6.92 Å². The maximum Gasteiger partial charge on any atom is 0.309 e. The maximum atomic E-state index is 12.5. The second-order valence-electron chi connectivity index (χ2n) is 9.81. The van der Waals surface area contributed by atoms with Gasteiger partial charge in [0.1, 0.15) is 12.2 Å². The Kier molecular flexibility index (Phi) is 4.30. The quantitative estimate of drug-likeness (QED) is 0.695. The van der Waals surface area contributed by atoms with Gasteiger partial charge >= 0.3 is 11.9 Å². The Labute approximate surface area is 162 Å². The molecule has 0 spiro atoms. The molecule has 4 saturated heterocycles. The lowest BCUT2D eigenvalue weighted by molar-refractivity contribution is -0.148. The van der Waals surface area contributed by atoms with E-state index in [0.29, 0.717) is 35.8 Å². The van der Waals surface area contributed by atoms with Crippen LogP contribution in [0.4, 0.5) is 0 Å². The molecule has 1 aliphatic carbocycles. The topological polar surface area (TPSA) is 55.8 Å². The molecule has 0 unspecified atom stereocenters. The third-order valence-electron chi connectivity index (χ3n) is 8.61. The van der Waals surface area contributed by atoms with Gasteiger partial charge in [0, 0.05) is 23.9 Å². The van der Waals surface area contributed by atoms with Crippen LogP contribution in [0.15, 0.2) is 0 Å². The first-order valence-electron chi connectivity index (χ1n) is 11.2. The number of carbonyl (C=O) groups excluding carboxylic acids is 2. The second-order valence-corrected chi connectivity index (χ2v) is 9.81. The molecule has 5 aliphatic rings. The van der Waals surface area contributed by atoms with Crippen molar-refractivity contribution in [3.63, 3.8) is 0 Å². The van der Waals surface area contributed by atoms with Crippen LogP contribution in [-0.2, 0) is 19.1 Å². The van der Waals surface area contributed by atoms with Crippen LogP contribution in [0.5, 0.6) is 0 Å². The molecule has 27 heavy (non-hydrogen) atoms. The highest BCUT2D eigenvalue weighted by atomic mass is 16.6. The summed E-state index contributed by atoms with van der Waals surface area (Å²) < 4.78 is 11.8. The van der Waals surface area contributed by atoms with Crippen LogP contribution in [0.2, 0.25) is 0 Å². The lowest BCUT2D eigenvalue weighted by Gasteiger charge is -2.48. The number of carbonyl (C=O) groups is 2.